The first-order chi connectivity index (χ1) is 9.51. The first-order valence-electron chi connectivity index (χ1n) is 5.77. The number of nitrogens with zero attached hydrogens (tertiary/aromatic N) is 1. The molecule has 0 aliphatic rings. The molecule has 0 radical (unpaired) electrons. The molecule has 106 valence electrons. The third-order valence-electron chi connectivity index (χ3n) is 2.68. The predicted molar refractivity (Wildman–Crippen MR) is 79.1 cm³/mol. The van der Waals surface area contributed by atoms with E-state index >= 15 is 0 Å². The Morgan fingerprint density at radius 3 is 2.90 bits per heavy atom. The minimum absolute atomic E-state index is 0.0843. The number of carbonyl (C=O) groups is 1. The number of hydrogen-bond acceptors (Lipinski definition) is 5. The molecule has 0 spiro atoms. The summed E-state index contributed by atoms with van der Waals surface area (Å²) in [6.45, 7) is 2.32. The zero-order valence-corrected chi connectivity index (χ0v) is 12.5. The molecule has 0 aliphatic carbocycles. The molecule has 2 aromatic rings. The number of benzene rings is 1. The molecule has 20 heavy (non-hydrogen) atoms. The first-order valence-corrected chi connectivity index (χ1v) is 7.02. The maximum absolute atomic E-state index is 10.8. The largest absolute Gasteiger partial charge is 0.495 e. The molecule has 0 saturated heterocycles. The van der Waals surface area contributed by atoms with Crippen LogP contribution in [0.2, 0.25) is 5.02 Å². The summed E-state index contributed by atoms with van der Waals surface area (Å²) in [5.41, 5.74) is 2.39. The Balaban J connectivity index is 2.13. The van der Waals surface area contributed by atoms with Crippen LogP contribution in [0.5, 0.6) is 5.75 Å². The number of hydrogen-bond donors (Lipinski definition) is 2. The van der Waals surface area contributed by atoms with Crippen molar-refractivity contribution in [1.29, 1.82) is 0 Å². The van der Waals surface area contributed by atoms with Crippen molar-refractivity contribution in [2.24, 2.45) is 0 Å². The van der Waals surface area contributed by atoms with Crippen LogP contribution < -0.4 is 10.1 Å². The molecular formula is C13H13ClN2O3S. The van der Waals surface area contributed by atoms with Gasteiger partial charge in [-0.25, -0.2) is 9.78 Å². The van der Waals surface area contributed by atoms with Gasteiger partial charge in [-0.1, -0.05) is 11.6 Å². The molecule has 1 aromatic heterocycles. The van der Waals surface area contributed by atoms with Gasteiger partial charge in [-0.2, -0.15) is 0 Å². The summed E-state index contributed by atoms with van der Waals surface area (Å²) in [6, 6.07) is 3.62. The molecule has 0 unspecified atom stereocenters. The monoisotopic (exact) mass is 312 g/mol. The third-order valence-corrected chi connectivity index (χ3v) is 3.96. The van der Waals surface area contributed by atoms with E-state index < -0.39 is 5.97 Å². The lowest BCUT2D eigenvalue weighted by atomic mass is 10.2. The highest BCUT2D eigenvalue weighted by atomic mass is 35.5. The van der Waals surface area contributed by atoms with Crippen molar-refractivity contribution < 1.29 is 14.6 Å². The molecule has 0 aliphatic heterocycles. The fourth-order valence-electron chi connectivity index (χ4n) is 1.64. The Bertz CT molecular complexity index is 643. The highest BCUT2D eigenvalue weighted by molar-refractivity contribution is 7.11. The maximum atomic E-state index is 10.8. The van der Waals surface area contributed by atoms with E-state index in [0.717, 1.165) is 22.6 Å². The van der Waals surface area contributed by atoms with Crippen LogP contribution in [0, 0.1) is 6.92 Å². The Labute approximate surface area is 125 Å². The number of anilines is 1. The quantitative estimate of drug-likeness (QED) is 0.885. The number of ether oxygens (including phenoxy) is 1. The Morgan fingerprint density at radius 2 is 2.30 bits per heavy atom. The van der Waals surface area contributed by atoms with Crippen LogP contribution in [0.25, 0.3) is 0 Å². The lowest BCUT2D eigenvalue weighted by Gasteiger charge is -2.12. The Morgan fingerprint density at radius 1 is 1.55 bits per heavy atom. The summed E-state index contributed by atoms with van der Waals surface area (Å²) in [6.07, 6.45) is 0. The Kier molecular flexibility index (Phi) is 4.46. The van der Waals surface area contributed by atoms with E-state index in [1.54, 1.807) is 18.6 Å². The fraction of sp³-hybridized carbons (Fsp3) is 0.231. The fourth-order valence-corrected chi connectivity index (χ4v) is 2.45. The van der Waals surface area contributed by atoms with E-state index in [2.05, 4.69) is 10.3 Å². The lowest BCUT2D eigenvalue weighted by molar-refractivity contribution is 0.0696. The smallest absolute Gasteiger partial charge is 0.365 e. The number of aromatic nitrogens is 1. The van der Waals surface area contributed by atoms with Gasteiger partial charge in [0.25, 0.3) is 0 Å². The molecule has 5 nitrogen and oxygen atoms in total. The summed E-state index contributed by atoms with van der Waals surface area (Å²) in [5, 5.41) is 14.4. The average molecular weight is 313 g/mol. The van der Waals surface area contributed by atoms with Crippen LogP contribution >= 0.6 is 22.9 Å². The van der Waals surface area contributed by atoms with Gasteiger partial charge in [-0.05, 0) is 18.6 Å². The van der Waals surface area contributed by atoms with Crippen LogP contribution in [0.3, 0.4) is 0 Å². The lowest BCUT2D eigenvalue weighted by Crippen LogP contribution is -2.03. The molecule has 2 rings (SSSR count). The van der Waals surface area contributed by atoms with Gasteiger partial charge in [0.1, 0.15) is 5.75 Å². The highest BCUT2D eigenvalue weighted by Crippen LogP contribution is 2.31. The second kappa shape index (κ2) is 6.11. The molecule has 7 heteroatoms. The molecule has 2 N–H and O–H groups in total. The maximum Gasteiger partial charge on any atom is 0.365 e. The van der Waals surface area contributed by atoms with Gasteiger partial charge < -0.3 is 15.2 Å². The Hall–Kier alpha value is -1.79. The minimum Gasteiger partial charge on any atom is -0.495 e. The van der Waals surface area contributed by atoms with Gasteiger partial charge in [0.15, 0.2) is 0 Å². The highest BCUT2D eigenvalue weighted by Gasteiger charge is 2.10. The second-order valence-corrected chi connectivity index (χ2v) is 5.37. The predicted octanol–water partition coefficient (Wildman–Crippen LogP) is 3.42. The van der Waals surface area contributed by atoms with Gasteiger partial charge in [0.2, 0.25) is 5.01 Å². The van der Waals surface area contributed by atoms with Gasteiger partial charge in [-0.3, -0.25) is 0 Å². The van der Waals surface area contributed by atoms with Crippen molar-refractivity contribution in [3.05, 3.63) is 38.8 Å². The molecule has 0 bridgehead atoms. The zero-order chi connectivity index (χ0) is 14.7. The number of aryl methyl sites for hydroxylation is 1. The van der Waals surface area contributed by atoms with Gasteiger partial charge in [-0.15, -0.1) is 11.3 Å². The molecular weight excluding hydrogens is 300 g/mol. The molecule has 0 fully saturated rings. The number of aromatic carboxylic acids is 1. The number of halogens is 1. The summed E-state index contributed by atoms with van der Waals surface area (Å²) < 4.78 is 5.25. The van der Waals surface area contributed by atoms with E-state index in [1.165, 1.54) is 0 Å². The van der Waals surface area contributed by atoms with Crippen LogP contribution in [0.4, 0.5) is 5.69 Å². The summed E-state index contributed by atoms with van der Waals surface area (Å²) in [5.74, 6) is -0.379. The van der Waals surface area contributed by atoms with Gasteiger partial charge in [0.05, 0.1) is 25.0 Å². The van der Waals surface area contributed by atoms with E-state index in [-0.39, 0.29) is 5.01 Å². The van der Waals surface area contributed by atoms with E-state index in [1.807, 2.05) is 13.0 Å². The van der Waals surface area contributed by atoms with Crippen LogP contribution in [0.15, 0.2) is 17.5 Å². The van der Waals surface area contributed by atoms with Crippen molar-refractivity contribution in [3.8, 4) is 5.75 Å². The topological polar surface area (TPSA) is 71.5 Å². The van der Waals surface area contributed by atoms with E-state index in [4.69, 9.17) is 21.4 Å². The summed E-state index contributed by atoms with van der Waals surface area (Å²) >= 11 is 7.14. The minimum atomic E-state index is -1.01. The van der Waals surface area contributed by atoms with Crippen molar-refractivity contribution in [2.45, 2.75) is 13.5 Å². The SMILES string of the molecule is COc1cc(Cl)c(C)cc1NCc1csc(C(=O)O)n1. The molecule has 0 atom stereocenters. The van der Waals surface area contributed by atoms with Crippen molar-refractivity contribution in [2.75, 3.05) is 12.4 Å². The molecule has 0 saturated carbocycles. The second-order valence-electron chi connectivity index (χ2n) is 4.10. The average Bonchev–Trinajstić information content (AvgIpc) is 2.88. The zero-order valence-electron chi connectivity index (χ0n) is 10.9. The van der Waals surface area contributed by atoms with Crippen molar-refractivity contribution in [3.63, 3.8) is 0 Å². The molecule has 0 amide bonds. The van der Waals surface area contributed by atoms with Gasteiger partial charge in [0, 0.05) is 16.5 Å². The van der Waals surface area contributed by atoms with Crippen LogP contribution in [-0.2, 0) is 6.54 Å². The first kappa shape index (κ1) is 14.6. The number of thiazole rings is 1. The van der Waals surface area contributed by atoms with Crippen LogP contribution in [-0.4, -0.2) is 23.2 Å². The van der Waals surface area contributed by atoms with Gasteiger partial charge >= 0.3 is 5.97 Å². The third kappa shape index (κ3) is 3.20. The number of carboxylic acids is 1. The normalized spacial score (nSPS) is 10.3. The number of rotatable bonds is 5. The standard InChI is InChI=1S/C13H13ClN2O3S/c1-7-3-10(11(19-2)4-9(7)14)15-5-8-6-20-12(16-8)13(17)18/h3-4,6,15H,5H2,1-2H3,(H,17,18). The van der Waals surface area contributed by atoms with E-state index in [0.29, 0.717) is 23.0 Å². The van der Waals surface area contributed by atoms with E-state index in [9.17, 15) is 4.79 Å². The summed E-state index contributed by atoms with van der Waals surface area (Å²) in [4.78, 5) is 14.8. The summed E-state index contributed by atoms with van der Waals surface area (Å²) in [7, 11) is 1.57. The van der Waals surface area contributed by atoms with Crippen molar-refractivity contribution >= 4 is 34.6 Å². The van der Waals surface area contributed by atoms with Crippen molar-refractivity contribution in [1.82, 2.24) is 4.98 Å². The number of nitrogens with one attached hydrogen (secondary N) is 1. The van der Waals surface area contributed by atoms with Crippen LogP contribution in [0.1, 0.15) is 21.1 Å². The molecule has 1 aromatic carbocycles. The molecule has 1 heterocycles. The number of carboxylic acid groups (broad SMARTS) is 1. The number of methoxy groups -OCH3 is 1.